The van der Waals surface area contributed by atoms with E-state index in [1.54, 1.807) is 0 Å². The standard InChI is InChI=1S/C9H16N2/c1-5-9-8(4)6-10-11(9)7(2)3/h6-7H,5H2,1-4H3. The smallest absolute Gasteiger partial charge is 0.0521 e. The van der Waals surface area contributed by atoms with Gasteiger partial charge in [-0.25, -0.2) is 0 Å². The normalized spacial score (nSPS) is 11.0. The Morgan fingerprint density at radius 1 is 1.55 bits per heavy atom. The number of nitrogens with zero attached hydrogens (tertiary/aromatic N) is 2. The molecule has 2 heteroatoms. The van der Waals surface area contributed by atoms with Crippen molar-refractivity contribution >= 4 is 0 Å². The second-order valence-electron chi connectivity index (χ2n) is 3.17. The minimum absolute atomic E-state index is 0.485. The van der Waals surface area contributed by atoms with Crippen molar-refractivity contribution in [2.75, 3.05) is 0 Å². The largest absolute Gasteiger partial charge is 0.267 e. The molecule has 0 saturated carbocycles. The van der Waals surface area contributed by atoms with Gasteiger partial charge in [0, 0.05) is 11.7 Å². The maximum absolute atomic E-state index is 4.30. The van der Waals surface area contributed by atoms with Crippen molar-refractivity contribution < 1.29 is 0 Å². The summed E-state index contributed by atoms with van der Waals surface area (Å²) in [4.78, 5) is 0. The van der Waals surface area contributed by atoms with Crippen LogP contribution in [-0.2, 0) is 6.42 Å². The first kappa shape index (κ1) is 8.31. The molecule has 1 rings (SSSR count). The Morgan fingerprint density at radius 3 is 2.55 bits per heavy atom. The summed E-state index contributed by atoms with van der Waals surface area (Å²) in [5, 5.41) is 4.30. The molecular formula is C9H16N2. The van der Waals surface area contributed by atoms with E-state index in [0.717, 1.165) is 6.42 Å². The Hall–Kier alpha value is -0.790. The quantitative estimate of drug-likeness (QED) is 0.636. The zero-order chi connectivity index (χ0) is 8.43. The topological polar surface area (TPSA) is 17.8 Å². The molecule has 1 heterocycles. The van der Waals surface area contributed by atoms with Crippen LogP contribution in [0.2, 0.25) is 0 Å². The van der Waals surface area contributed by atoms with E-state index >= 15 is 0 Å². The fourth-order valence-electron chi connectivity index (χ4n) is 1.36. The van der Waals surface area contributed by atoms with Crippen molar-refractivity contribution in [1.29, 1.82) is 0 Å². The van der Waals surface area contributed by atoms with E-state index in [2.05, 4.69) is 37.5 Å². The number of hydrogen-bond donors (Lipinski definition) is 0. The Labute approximate surface area is 68.2 Å². The monoisotopic (exact) mass is 152 g/mol. The third-order valence-corrected chi connectivity index (χ3v) is 1.93. The van der Waals surface area contributed by atoms with Gasteiger partial charge in [0.05, 0.1) is 6.20 Å². The molecule has 0 aliphatic heterocycles. The van der Waals surface area contributed by atoms with Crippen molar-refractivity contribution in [3.63, 3.8) is 0 Å². The highest BCUT2D eigenvalue weighted by atomic mass is 15.3. The van der Waals surface area contributed by atoms with E-state index in [0.29, 0.717) is 6.04 Å². The van der Waals surface area contributed by atoms with Crippen LogP contribution in [0.4, 0.5) is 0 Å². The highest BCUT2D eigenvalue weighted by molar-refractivity contribution is 5.15. The fourth-order valence-corrected chi connectivity index (χ4v) is 1.36. The molecule has 11 heavy (non-hydrogen) atoms. The van der Waals surface area contributed by atoms with Crippen LogP contribution in [0.1, 0.15) is 38.1 Å². The van der Waals surface area contributed by atoms with Crippen molar-refractivity contribution in [3.8, 4) is 0 Å². The number of aryl methyl sites for hydroxylation is 1. The first-order valence-electron chi connectivity index (χ1n) is 4.19. The van der Waals surface area contributed by atoms with Gasteiger partial charge >= 0.3 is 0 Å². The van der Waals surface area contributed by atoms with Gasteiger partial charge in [0.1, 0.15) is 0 Å². The summed E-state index contributed by atoms with van der Waals surface area (Å²) in [6, 6.07) is 0.485. The molecular weight excluding hydrogens is 136 g/mol. The summed E-state index contributed by atoms with van der Waals surface area (Å²) in [5.41, 5.74) is 2.67. The molecule has 2 nitrogen and oxygen atoms in total. The Balaban J connectivity index is 3.05. The van der Waals surface area contributed by atoms with E-state index in [1.165, 1.54) is 11.3 Å². The lowest BCUT2D eigenvalue weighted by atomic mass is 10.2. The van der Waals surface area contributed by atoms with Gasteiger partial charge in [0.25, 0.3) is 0 Å². The lowest BCUT2D eigenvalue weighted by Gasteiger charge is -2.09. The molecule has 0 N–H and O–H groups in total. The fraction of sp³-hybridized carbons (Fsp3) is 0.667. The van der Waals surface area contributed by atoms with Crippen LogP contribution in [0.3, 0.4) is 0 Å². The molecule has 0 radical (unpaired) electrons. The molecule has 1 aromatic rings. The second-order valence-corrected chi connectivity index (χ2v) is 3.17. The summed E-state index contributed by atoms with van der Waals surface area (Å²) < 4.78 is 2.09. The van der Waals surface area contributed by atoms with E-state index in [4.69, 9.17) is 0 Å². The van der Waals surface area contributed by atoms with Crippen LogP contribution in [-0.4, -0.2) is 9.78 Å². The molecule has 0 unspecified atom stereocenters. The predicted octanol–water partition coefficient (Wildman–Crippen LogP) is 2.33. The highest BCUT2D eigenvalue weighted by Gasteiger charge is 2.06. The predicted molar refractivity (Wildman–Crippen MR) is 46.7 cm³/mol. The van der Waals surface area contributed by atoms with Crippen LogP contribution < -0.4 is 0 Å². The van der Waals surface area contributed by atoms with E-state index < -0.39 is 0 Å². The maximum Gasteiger partial charge on any atom is 0.0521 e. The van der Waals surface area contributed by atoms with Crippen LogP contribution in [0, 0.1) is 6.92 Å². The second kappa shape index (κ2) is 3.07. The van der Waals surface area contributed by atoms with Gasteiger partial charge in [-0.05, 0) is 32.8 Å². The van der Waals surface area contributed by atoms with Gasteiger partial charge in [-0.1, -0.05) is 6.92 Å². The minimum atomic E-state index is 0.485. The number of rotatable bonds is 2. The van der Waals surface area contributed by atoms with Crippen molar-refractivity contribution in [2.45, 2.75) is 40.2 Å². The minimum Gasteiger partial charge on any atom is -0.267 e. The molecule has 62 valence electrons. The van der Waals surface area contributed by atoms with Gasteiger partial charge in [-0.2, -0.15) is 5.10 Å². The van der Waals surface area contributed by atoms with E-state index in [9.17, 15) is 0 Å². The van der Waals surface area contributed by atoms with Gasteiger partial charge in [-0.15, -0.1) is 0 Å². The molecule has 0 aromatic carbocycles. The third kappa shape index (κ3) is 1.44. The average molecular weight is 152 g/mol. The number of aromatic nitrogens is 2. The summed E-state index contributed by atoms with van der Waals surface area (Å²) in [7, 11) is 0. The molecule has 0 aliphatic carbocycles. The van der Waals surface area contributed by atoms with Gasteiger partial charge in [0.2, 0.25) is 0 Å². The third-order valence-electron chi connectivity index (χ3n) is 1.93. The van der Waals surface area contributed by atoms with Crippen LogP contribution in [0.5, 0.6) is 0 Å². The molecule has 0 fully saturated rings. The van der Waals surface area contributed by atoms with Crippen LogP contribution in [0.15, 0.2) is 6.20 Å². The Morgan fingerprint density at radius 2 is 2.18 bits per heavy atom. The molecule has 0 amide bonds. The summed E-state index contributed by atoms with van der Waals surface area (Å²) in [6.45, 7) is 8.60. The summed E-state index contributed by atoms with van der Waals surface area (Å²) in [5.74, 6) is 0. The van der Waals surface area contributed by atoms with Crippen LogP contribution in [0.25, 0.3) is 0 Å². The molecule has 0 atom stereocenters. The van der Waals surface area contributed by atoms with E-state index in [1.807, 2.05) is 6.20 Å². The average Bonchev–Trinajstić information content (AvgIpc) is 2.30. The maximum atomic E-state index is 4.30. The summed E-state index contributed by atoms with van der Waals surface area (Å²) in [6.07, 6.45) is 3.02. The Kier molecular flexibility index (Phi) is 2.32. The van der Waals surface area contributed by atoms with Gasteiger partial charge in [0.15, 0.2) is 0 Å². The number of hydrogen-bond acceptors (Lipinski definition) is 1. The molecule has 0 spiro atoms. The molecule has 0 bridgehead atoms. The lowest BCUT2D eigenvalue weighted by Crippen LogP contribution is -2.06. The van der Waals surface area contributed by atoms with Crippen molar-refractivity contribution in [1.82, 2.24) is 9.78 Å². The zero-order valence-electron chi connectivity index (χ0n) is 7.76. The van der Waals surface area contributed by atoms with Crippen LogP contribution >= 0.6 is 0 Å². The van der Waals surface area contributed by atoms with Crippen molar-refractivity contribution in [3.05, 3.63) is 17.5 Å². The van der Waals surface area contributed by atoms with Gasteiger partial charge in [-0.3, -0.25) is 4.68 Å². The first-order valence-corrected chi connectivity index (χ1v) is 4.19. The SMILES string of the molecule is CCc1c(C)cnn1C(C)C. The first-order chi connectivity index (χ1) is 5.16. The summed E-state index contributed by atoms with van der Waals surface area (Å²) >= 11 is 0. The highest BCUT2D eigenvalue weighted by Crippen LogP contribution is 2.12. The molecule has 0 aliphatic rings. The lowest BCUT2D eigenvalue weighted by molar-refractivity contribution is 0.511. The molecule has 1 aromatic heterocycles. The van der Waals surface area contributed by atoms with E-state index in [-0.39, 0.29) is 0 Å². The van der Waals surface area contributed by atoms with Crippen molar-refractivity contribution in [2.24, 2.45) is 0 Å². The van der Waals surface area contributed by atoms with Gasteiger partial charge < -0.3 is 0 Å². The Bertz CT molecular complexity index is 236. The molecule has 0 saturated heterocycles. The zero-order valence-corrected chi connectivity index (χ0v) is 7.76.